The van der Waals surface area contributed by atoms with E-state index in [1.807, 2.05) is 11.0 Å². The van der Waals surface area contributed by atoms with Gasteiger partial charge in [0.2, 0.25) is 5.91 Å². The number of carbonyl (C=O) groups excluding carboxylic acids is 1. The predicted molar refractivity (Wildman–Crippen MR) is 94.0 cm³/mol. The highest BCUT2D eigenvalue weighted by Crippen LogP contribution is 2.26. The quantitative estimate of drug-likeness (QED) is 0.801. The molecule has 0 radical (unpaired) electrons. The van der Waals surface area contributed by atoms with Gasteiger partial charge in [-0.2, -0.15) is 5.26 Å². The van der Waals surface area contributed by atoms with Crippen molar-refractivity contribution < 1.29 is 13.6 Å². The van der Waals surface area contributed by atoms with Crippen LogP contribution in [0.2, 0.25) is 0 Å². The number of hydrogen-bond acceptors (Lipinski definition) is 2. The Kier molecular flexibility index (Phi) is 5.62. The van der Waals surface area contributed by atoms with Crippen molar-refractivity contribution in [2.45, 2.75) is 44.7 Å². The third-order valence-electron chi connectivity index (χ3n) is 4.86. The summed E-state index contributed by atoms with van der Waals surface area (Å²) in [5.41, 5.74) is 1.48. The molecule has 2 aromatic carbocycles. The summed E-state index contributed by atoms with van der Waals surface area (Å²) in [4.78, 5) is 14.7. The fourth-order valence-electron chi connectivity index (χ4n) is 3.47. The normalized spacial score (nSPS) is 14.2. The minimum atomic E-state index is -0.554. The van der Waals surface area contributed by atoms with Gasteiger partial charge in [-0.3, -0.25) is 4.79 Å². The van der Waals surface area contributed by atoms with E-state index in [1.54, 1.807) is 18.2 Å². The monoisotopic (exact) mass is 354 g/mol. The zero-order valence-corrected chi connectivity index (χ0v) is 14.4. The van der Waals surface area contributed by atoms with Crippen molar-refractivity contribution in [1.82, 2.24) is 4.90 Å². The maximum absolute atomic E-state index is 13.6. The first-order valence-corrected chi connectivity index (χ1v) is 8.79. The van der Waals surface area contributed by atoms with Crippen molar-refractivity contribution in [1.29, 1.82) is 5.26 Å². The second-order valence-electron chi connectivity index (χ2n) is 6.69. The average molecular weight is 354 g/mol. The molecule has 1 aliphatic rings. The first-order valence-electron chi connectivity index (χ1n) is 8.79. The minimum absolute atomic E-state index is 0.0140. The van der Waals surface area contributed by atoms with E-state index in [4.69, 9.17) is 5.26 Å². The average Bonchev–Trinajstić information content (AvgIpc) is 3.17. The zero-order chi connectivity index (χ0) is 18.5. The van der Waals surface area contributed by atoms with E-state index in [-0.39, 0.29) is 29.8 Å². The van der Waals surface area contributed by atoms with Crippen LogP contribution in [0, 0.1) is 23.0 Å². The van der Waals surface area contributed by atoms with Crippen LogP contribution in [0.25, 0.3) is 0 Å². The molecular weight excluding hydrogens is 334 g/mol. The molecule has 0 heterocycles. The number of amides is 1. The number of hydrogen-bond donors (Lipinski definition) is 0. The number of halogens is 2. The van der Waals surface area contributed by atoms with Crippen LogP contribution >= 0.6 is 0 Å². The van der Waals surface area contributed by atoms with Crippen LogP contribution in [0.1, 0.15) is 42.4 Å². The molecule has 0 bridgehead atoms. The Labute approximate surface area is 151 Å². The summed E-state index contributed by atoms with van der Waals surface area (Å²) >= 11 is 0. The molecule has 0 saturated heterocycles. The highest BCUT2D eigenvalue weighted by Gasteiger charge is 2.27. The van der Waals surface area contributed by atoms with Crippen LogP contribution in [-0.4, -0.2) is 16.8 Å². The Bertz CT molecular complexity index is 821. The molecule has 1 aliphatic carbocycles. The van der Waals surface area contributed by atoms with Crippen molar-refractivity contribution in [3.05, 3.63) is 70.8 Å². The molecule has 134 valence electrons. The molecule has 5 heteroatoms. The van der Waals surface area contributed by atoms with Gasteiger partial charge in [-0.15, -0.1) is 0 Å². The minimum Gasteiger partial charge on any atom is -0.335 e. The van der Waals surface area contributed by atoms with Gasteiger partial charge in [-0.05, 0) is 48.2 Å². The van der Waals surface area contributed by atoms with Crippen molar-refractivity contribution in [2.24, 2.45) is 0 Å². The zero-order valence-electron chi connectivity index (χ0n) is 14.4. The topological polar surface area (TPSA) is 44.1 Å². The molecule has 1 saturated carbocycles. The van der Waals surface area contributed by atoms with Crippen LogP contribution in [0.4, 0.5) is 8.78 Å². The summed E-state index contributed by atoms with van der Waals surface area (Å²) in [6.45, 7) is 0.347. The highest BCUT2D eigenvalue weighted by molar-refractivity contribution is 5.79. The Hall–Kier alpha value is -2.74. The summed E-state index contributed by atoms with van der Waals surface area (Å²) in [6, 6.07) is 12.3. The Morgan fingerprint density at radius 3 is 2.38 bits per heavy atom. The fourth-order valence-corrected chi connectivity index (χ4v) is 3.47. The van der Waals surface area contributed by atoms with E-state index in [0.717, 1.165) is 36.8 Å². The lowest BCUT2D eigenvalue weighted by molar-refractivity contribution is -0.133. The van der Waals surface area contributed by atoms with Gasteiger partial charge >= 0.3 is 0 Å². The van der Waals surface area contributed by atoms with Crippen LogP contribution in [0.3, 0.4) is 0 Å². The van der Waals surface area contributed by atoms with Gasteiger partial charge in [0.15, 0.2) is 0 Å². The van der Waals surface area contributed by atoms with Crippen molar-refractivity contribution in [2.75, 3.05) is 0 Å². The fraction of sp³-hybridized carbons (Fsp3) is 0.333. The molecule has 0 aromatic heterocycles. The molecule has 1 fully saturated rings. The molecule has 0 N–H and O–H groups in total. The maximum Gasteiger partial charge on any atom is 0.227 e. The lowest BCUT2D eigenvalue weighted by Crippen LogP contribution is -2.39. The summed E-state index contributed by atoms with van der Waals surface area (Å²) in [5.74, 6) is -0.920. The molecule has 0 spiro atoms. The van der Waals surface area contributed by atoms with E-state index >= 15 is 0 Å². The van der Waals surface area contributed by atoms with Crippen molar-refractivity contribution in [3.63, 3.8) is 0 Å². The molecule has 0 aliphatic heterocycles. The second kappa shape index (κ2) is 8.09. The molecule has 26 heavy (non-hydrogen) atoms. The molecule has 3 nitrogen and oxygen atoms in total. The van der Waals surface area contributed by atoms with Crippen molar-refractivity contribution >= 4 is 5.91 Å². The number of nitriles is 1. The molecule has 0 atom stereocenters. The van der Waals surface area contributed by atoms with Gasteiger partial charge in [-0.25, -0.2) is 8.78 Å². The van der Waals surface area contributed by atoms with Crippen LogP contribution in [-0.2, 0) is 17.8 Å². The number of nitrogens with zero attached hydrogens (tertiary/aromatic N) is 2. The Morgan fingerprint density at radius 1 is 1.08 bits per heavy atom. The SMILES string of the molecule is N#Cc1cc(CN(C(=O)Cc2ccc(F)cc2)C2CCCC2)ccc1F. The van der Waals surface area contributed by atoms with Crippen LogP contribution < -0.4 is 0 Å². The molecule has 1 amide bonds. The first kappa shape index (κ1) is 18.1. The standard InChI is InChI=1S/C21H20F2N2O/c22-18-8-5-15(6-9-18)12-21(26)25(19-3-1-2-4-19)14-16-7-10-20(23)17(11-16)13-24/h5-11,19H,1-4,12,14H2. The van der Waals surface area contributed by atoms with E-state index in [0.29, 0.717) is 6.54 Å². The summed E-state index contributed by atoms with van der Waals surface area (Å²) in [6.07, 6.45) is 4.25. The van der Waals surface area contributed by atoms with E-state index in [2.05, 4.69) is 0 Å². The third-order valence-corrected chi connectivity index (χ3v) is 4.86. The Balaban J connectivity index is 1.79. The third kappa shape index (κ3) is 4.26. The van der Waals surface area contributed by atoms with Crippen LogP contribution in [0.15, 0.2) is 42.5 Å². The highest BCUT2D eigenvalue weighted by atomic mass is 19.1. The number of carbonyl (C=O) groups is 1. The lowest BCUT2D eigenvalue weighted by atomic mass is 10.1. The largest absolute Gasteiger partial charge is 0.335 e. The van der Waals surface area contributed by atoms with E-state index in [9.17, 15) is 13.6 Å². The summed E-state index contributed by atoms with van der Waals surface area (Å²) in [5, 5.41) is 9.01. The Morgan fingerprint density at radius 2 is 1.73 bits per heavy atom. The molecule has 3 rings (SSSR count). The second-order valence-corrected chi connectivity index (χ2v) is 6.69. The molecule has 0 unspecified atom stereocenters. The van der Waals surface area contributed by atoms with Gasteiger partial charge in [0.1, 0.15) is 17.7 Å². The predicted octanol–water partition coefficient (Wildman–Crippen LogP) is 4.35. The van der Waals surface area contributed by atoms with Crippen molar-refractivity contribution in [3.8, 4) is 6.07 Å². The lowest BCUT2D eigenvalue weighted by Gasteiger charge is -2.29. The van der Waals surface area contributed by atoms with Crippen LogP contribution in [0.5, 0.6) is 0 Å². The first-order chi connectivity index (χ1) is 12.6. The molecular formula is C21H20F2N2O. The van der Waals surface area contributed by atoms with Gasteiger partial charge in [0.05, 0.1) is 12.0 Å². The van der Waals surface area contributed by atoms with Gasteiger partial charge in [0, 0.05) is 12.6 Å². The summed E-state index contributed by atoms with van der Waals surface area (Å²) < 4.78 is 26.6. The van der Waals surface area contributed by atoms with E-state index < -0.39 is 5.82 Å². The molecule has 2 aromatic rings. The maximum atomic E-state index is 13.6. The smallest absolute Gasteiger partial charge is 0.227 e. The summed E-state index contributed by atoms with van der Waals surface area (Å²) in [7, 11) is 0. The number of rotatable bonds is 5. The number of benzene rings is 2. The van der Waals surface area contributed by atoms with Gasteiger partial charge in [-0.1, -0.05) is 31.0 Å². The van der Waals surface area contributed by atoms with E-state index in [1.165, 1.54) is 24.3 Å². The van der Waals surface area contributed by atoms with Gasteiger partial charge < -0.3 is 4.90 Å². The van der Waals surface area contributed by atoms with Gasteiger partial charge in [0.25, 0.3) is 0 Å².